The van der Waals surface area contributed by atoms with Crippen LogP contribution in [-0.4, -0.2) is 37.0 Å². The summed E-state index contributed by atoms with van der Waals surface area (Å²) >= 11 is 0. The van der Waals surface area contributed by atoms with E-state index in [1.807, 2.05) is 38.1 Å². The van der Waals surface area contributed by atoms with E-state index in [1.165, 1.54) is 11.1 Å². The molecule has 9 nitrogen and oxygen atoms in total. The normalized spacial score (nSPS) is 15.5. The SMILES string of the molecule is CC(C)n1c(=O)c2cnc(Nc3ccc4c(c3)CCNC4)nc2n1-c1cccc(OC2CC2)n1. The molecular formula is C25H27N7O2. The van der Waals surface area contributed by atoms with Gasteiger partial charge in [-0.3, -0.25) is 4.79 Å². The number of aromatic nitrogens is 5. The fourth-order valence-corrected chi connectivity index (χ4v) is 4.37. The number of nitrogens with one attached hydrogen (secondary N) is 2. The molecule has 9 heteroatoms. The van der Waals surface area contributed by atoms with Gasteiger partial charge in [0.1, 0.15) is 11.5 Å². The van der Waals surface area contributed by atoms with Gasteiger partial charge in [0.2, 0.25) is 11.8 Å². The van der Waals surface area contributed by atoms with Crippen LogP contribution >= 0.6 is 0 Å². The summed E-state index contributed by atoms with van der Waals surface area (Å²) < 4.78 is 9.33. The van der Waals surface area contributed by atoms with Gasteiger partial charge < -0.3 is 15.4 Å². The first kappa shape index (κ1) is 20.9. The van der Waals surface area contributed by atoms with E-state index < -0.39 is 0 Å². The molecule has 6 rings (SSSR count). The molecule has 0 radical (unpaired) electrons. The van der Waals surface area contributed by atoms with Gasteiger partial charge in [0, 0.05) is 30.5 Å². The van der Waals surface area contributed by atoms with Gasteiger partial charge in [0.05, 0.1) is 0 Å². The molecule has 2 aliphatic rings. The lowest BCUT2D eigenvalue weighted by molar-refractivity contribution is 0.290. The predicted molar refractivity (Wildman–Crippen MR) is 130 cm³/mol. The van der Waals surface area contributed by atoms with E-state index in [0.29, 0.717) is 28.7 Å². The van der Waals surface area contributed by atoms with Crippen molar-refractivity contribution in [2.24, 2.45) is 0 Å². The molecule has 0 bridgehead atoms. The third kappa shape index (κ3) is 3.81. The quantitative estimate of drug-likeness (QED) is 0.457. The number of hydrogen-bond acceptors (Lipinski definition) is 7. The smallest absolute Gasteiger partial charge is 0.278 e. The van der Waals surface area contributed by atoms with Crippen molar-refractivity contribution in [1.29, 1.82) is 0 Å². The van der Waals surface area contributed by atoms with Crippen LogP contribution in [0.25, 0.3) is 16.9 Å². The molecule has 174 valence electrons. The summed E-state index contributed by atoms with van der Waals surface area (Å²) in [6.45, 7) is 5.81. The molecule has 0 spiro atoms. The van der Waals surface area contributed by atoms with E-state index in [0.717, 1.165) is 38.0 Å². The summed E-state index contributed by atoms with van der Waals surface area (Å²) in [6.07, 6.45) is 4.93. The molecule has 0 atom stereocenters. The van der Waals surface area contributed by atoms with E-state index in [2.05, 4.69) is 32.7 Å². The number of pyridine rings is 1. The molecule has 1 aromatic carbocycles. The van der Waals surface area contributed by atoms with Crippen LogP contribution in [0, 0.1) is 0 Å². The lowest BCUT2D eigenvalue weighted by Crippen LogP contribution is -2.24. The number of rotatable bonds is 6. The molecule has 0 unspecified atom stereocenters. The van der Waals surface area contributed by atoms with Crippen LogP contribution in [0.1, 0.15) is 43.9 Å². The first-order valence-electron chi connectivity index (χ1n) is 11.8. The highest BCUT2D eigenvalue weighted by Crippen LogP contribution is 2.27. The van der Waals surface area contributed by atoms with Gasteiger partial charge in [-0.15, -0.1) is 0 Å². The zero-order chi connectivity index (χ0) is 23.2. The fourth-order valence-electron chi connectivity index (χ4n) is 4.37. The Morgan fingerprint density at radius 2 is 2.03 bits per heavy atom. The van der Waals surface area contributed by atoms with Gasteiger partial charge in [-0.2, -0.15) is 9.97 Å². The van der Waals surface area contributed by atoms with Crippen LogP contribution in [0.5, 0.6) is 5.88 Å². The van der Waals surface area contributed by atoms with E-state index in [9.17, 15) is 4.79 Å². The van der Waals surface area contributed by atoms with Crippen molar-refractivity contribution in [2.75, 3.05) is 11.9 Å². The Morgan fingerprint density at radius 3 is 2.85 bits per heavy atom. The van der Waals surface area contributed by atoms with Crippen LogP contribution in [-0.2, 0) is 13.0 Å². The highest BCUT2D eigenvalue weighted by atomic mass is 16.5. The highest BCUT2D eigenvalue weighted by molar-refractivity contribution is 5.77. The summed E-state index contributed by atoms with van der Waals surface area (Å²) in [6, 6.07) is 11.8. The lowest BCUT2D eigenvalue weighted by Gasteiger charge is -2.18. The standard InChI is InChI=1S/C25H27N7O2/c1-15(2)31-24(33)20-14-27-25(28-18-7-6-17-13-26-11-10-16(17)12-18)30-23(20)32(31)21-4-3-5-22(29-21)34-19-8-9-19/h3-7,12,14-15,19,26H,8-11,13H2,1-2H3,(H,27,28,30). The van der Waals surface area contributed by atoms with Crippen LogP contribution in [0.15, 0.2) is 47.4 Å². The summed E-state index contributed by atoms with van der Waals surface area (Å²) in [5.74, 6) is 1.58. The first-order chi connectivity index (χ1) is 16.6. The average molecular weight is 458 g/mol. The Balaban J connectivity index is 1.43. The number of benzene rings is 1. The second-order valence-corrected chi connectivity index (χ2v) is 9.17. The lowest BCUT2D eigenvalue weighted by atomic mass is 10.0. The molecular weight excluding hydrogens is 430 g/mol. The Hall–Kier alpha value is -3.72. The molecule has 1 saturated carbocycles. The Morgan fingerprint density at radius 1 is 1.15 bits per heavy atom. The van der Waals surface area contributed by atoms with Crippen LogP contribution in [0.2, 0.25) is 0 Å². The number of anilines is 2. The van der Waals surface area contributed by atoms with Crippen molar-refractivity contribution in [1.82, 2.24) is 29.6 Å². The molecule has 1 aliphatic heterocycles. The van der Waals surface area contributed by atoms with Gasteiger partial charge in [0.15, 0.2) is 11.5 Å². The molecule has 1 fully saturated rings. The molecule has 3 aromatic heterocycles. The van der Waals surface area contributed by atoms with E-state index in [4.69, 9.17) is 9.72 Å². The van der Waals surface area contributed by atoms with Gasteiger partial charge in [0.25, 0.3) is 5.56 Å². The summed E-state index contributed by atoms with van der Waals surface area (Å²) in [5.41, 5.74) is 3.93. The summed E-state index contributed by atoms with van der Waals surface area (Å²) in [5, 5.41) is 7.16. The highest BCUT2D eigenvalue weighted by Gasteiger charge is 2.25. The Kier molecular flexibility index (Phi) is 5.06. The van der Waals surface area contributed by atoms with Gasteiger partial charge in [-0.05, 0) is 69.0 Å². The van der Waals surface area contributed by atoms with Crippen molar-refractivity contribution in [3.63, 3.8) is 0 Å². The molecule has 0 amide bonds. The maximum Gasteiger partial charge on any atom is 0.278 e. The molecule has 0 saturated heterocycles. The number of fused-ring (bicyclic) bond motifs is 2. The zero-order valence-corrected chi connectivity index (χ0v) is 19.3. The van der Waals surface area contributed by atoms with Crippen LogP contribution < -0.4 is 20.9 Å². The molecule has 1 aliphatic carbocycles. The molecule has 4 heterocycles. The second-order valence-electron chi connectivity index (χ2n) is 9.17. The number of nitrogens with zero attached hydrogens (tertiary/aromatic N) is 5. The van der Waals surface area contributed by atoms with Gasteiger partial charge >= 0.3 is 0 Å². The second kappa shape index (κ2) is 8.25. The van der Waals surface area contributed by atoms with Crippen LogP contribution in [0.4, 0.5) is 11.6 Å². The van der Waals surface area contributed by atoms with E-state index in [-0.39, 0.29) is 17.7 Å². The third-order valence-corrected chi connectivity index (χ3v) is 6.20. The first-order valence-corrected chi connectivity index (χ1v) is 11.8. The predicted octanol–water partition coefficient (Wildman–Crippen LogP) is 3.49. The Bertz CT molecular complexity index is 1440. The monoisotopic (exact) mass is 457 g/mol. The molecule has 4 aromatic rings. The minimum Gasteiger partial charge on any atom is -0.474 e. The maximum absolute atomic E-state index is 13.2. The van der Waals surface area contributed by atoms with Gasteiger partial charge in [-0.1, -0.05) is 12.1 Å². The molecule has 34 heavy (non-hydrogen) atoms. The number of hydrogen-bond donors (Lipinski definition) is 2. The van der Waals surface area contributed by atoms with Crippen molar-refractivity contribution in [2.45, 2.75) is 51.8 Å². The minimum atomic E-state index is -0.145. The van der Waals surface area contributed by atoms with Crippen molar-refractivity contribution >= 4 is 22.7 Å². The summed E-state index contributed by atoms with van der Waals surface area (Å²) in [7, 11) is 0. The van der Waals surface area contributed by atoms with Gasteiger partial charge in [-0.25, -0.2) is 14.3 Å². The third-order valence-electron chi connectivity index (χ3n) is 6.20. The van der Waals surface area contributed by atoms with E-state index in [1.54, 1.807) is 15.6 Å². The minimum absolute atomic E-state index is 0.0952. The largest absolute Gasteiger partial charge is 0.474 e. The van der Waals surface area contributed by atoms with Crippen LogP contribution in [0.3, 0.4) is 0 Å². The number of ether oxygens (including phenoxy) is 1. The van der Waals surface area contributed by atoms with Crippen molar-refractivity contribution in [3.8, 4) is 11.7 Å². The zero-order valence-electron chi connectivity index (χ0n) is 19.3. The van der Waals surface area contributed by atoms with Crippen molar-refractivity contribution < 1.29 is 4.74 Å². The maximum atomic E-state index is 13.2. The van der Waals surface area contributed by atoms with E-state index >= 15 is 0 Å². The van der Waals surface area contributed by atoms with Crippen molar-refractivity contribution in [3.05, 3.63) is 64.1 Å². The molecule has 2 N–H and O–H groups in total. The average Bonchev–Trinajstić information content (AvgIpc) is 3.60. The fraction of sp³-hybridized carbons (Fsp3) is 0.360. The summed E-state index contributed by atoms with van der Waals surface area (Å²) in [4.78, 5) is 27.1. The topological polar surface area (TPSA) is 98.9 Å². The Labute approximate surface area is 196 Å².